The van der Waals surface area contributed by atoms with Crippen LogP contribution in [-0.4, -0.2) is 36.6 Å². The lowest BCUT2D eigenvalue weighted by molar-refractivity contribution is 0.200. The standard InChI is InChI=1S/C22H29BrO4.C2H6/c1-14-10-17(11-15(2)20(14)26-8-6-24)22(4,5)18-12-16(3)21(19(23)13-18)27-9-7-25;1-2/h10-13,24-25H,6-9H2,1-5H3;1-2H3. The van der Waals surface area contributed by atoms with Crippen molar-refractivity contribution in [2.75, 3.05) is 26.4 Å². The van der Waals surface area contributed by atoms with Crippen LogP contribution in [0.2, 0.25) is 0 Å². The molecule has 2 aromatic carbocycles. The molecule has 0 bridgehead atoms. The minimum atomic E-state index is -0.214. The van der Waals surface area contributed by atoms with Gasteiger partial charge in [-0.25, -0.2) is 0 Å². The normalized spacial score (nSPS) is 11.0. The van der Waals surface area contributed by atoms with E-state index in [1.165, 1.54) is 11.1 Å². The van der Waals surface area contributed by atoms with Crippen molar-refractivity contribution in [1.29, 1.82) is 0 Å². The van der Waals surface area contributed by atoms with E-state index in [2.05, 4.69) is 54.0 Å². The van der Waals surface area contributed by atoms with Crippen LogP contribution in [0.15, 0.2) is 28.7 Å². The van der Waals surface area contributed by atoms with Crippen LogP contribution in [-0.2, 0) is 5.41 Å². The predicted molar refractivity (Wildman–Crippen MR) is 123 cm³/mol. The van der Waals surface area contributed by atoms with Gasteiger partial charge in [-0.15, -0.1) is 0 Å². The van der Waals surface area contributed by atoms with Crippen molar-refractivity contribution in [1.82, 2.24) is 0 Å². The molecule has 4 nitrogen and oxygen atoms in total. The molecule has 0 aromatic heterocycles. The molecule has 0 spiro atoms. The molecule has 0 saturated carbocycles. The highest BCUT2D eigenvalue weighted by molar-refractivity contribution is 9.10. The molecule has 0 unspecified atom stereocenters. The van der Waals surface area contributed by atoms with E-state index in [0.29, 0.717) is 6.61 Å². The minimum absolute atomic E-state index is 0.00410. The van der Waals surface area contributed by atoms with Gasteiger partial charge in [-0.05, 0) is 70.6 Å². The summed E-state index contributed by atoms with van der Waals surface area (Å²) in [7, 11) is 0. The first-order valence-electron chi connectivity index (χ1n) is 10.1. The van der Waals surface area contributed by atoms with Crippen LogP contribution >= 0.6 is 15.9 Å². The van der Waals surface area contributed by atoms with Gasteiger partial charge in [0, 0.05) is 5.41 Å². The van der Waals surface area contributed by atoms with Gasteiger partial charge in [-0.3, -0.25) is 0 Å². The average molecular weight is 467 g/mol. The number of aryl methyl sites for hydroxylation is 3. The molecule has 2 N–H and O–H groups in total. The Morgan fingerprint density at radius 1 is 0.759 bits per heavy atom. The van der Waals surface area contributed by atoms with E-state index in [9.17, 15) is 0 Å². The van der Waals surface area contributed by atoms with Crippen molar-refractivity contribution in [2.45, 2.75) is 53.9 Å². The average Bonchev–Trinajstić information content (AvgIpc) is 2.68. The molecule has 0 amide bonds. The number of hydrogen-bond acceptors (Lipinski definition) is 4. The van der Waals surface area contributed by atoms with Crippen molar-refractivity contribution >= 4 is 15.9 Å². The van der Waals surface area contributed by atoms with Crippen LogP contribution in [0.4, 0.5) is 0 Å². The number of hydrogen-bond donors (Lipinski definition) is 2. The summed E-state index contributed by atoms with van der Waals surface area (Å²) in [6, 6.07) is 8.52. The minimum Gasteiger partial charge on any atom is -0.491 e. The lowest BCUT2D eigenvalue weighted by atomic mass is 9.76. The molecule has 0 aliphatic rings. The van der Waals surface area contributed by atoms with Crippen LogP contribution in [0.3, 0.4) is 0 Å². The molecular formula is C24H35BrO4. The Hall–Kier alpha value is -1.56. The zero-order valence-corrected chi connectivity index (χ0v) is 20.3. The molecule has 0 aliphatic heterocycles. The molecule has 2 rings (SSSR count). The zero-order valence-electron chi connectivity index (χ0n) is 18.7. The highest BCUT2D eigenvalue weighted by Crippen LogP contribution is 2.40. The second-order valence-corrected chi connectivity index (χ2v) is 8.17. The summed E-state index contributed by atoms with van der Waals surface area (Å²) in [6.07, 6.45) is 0. The maximum Gasteiger partial charge on any atom is 0.136 e. The monoisotopic (exact) mass is 466 g/mol. The van der Waals surface area contributed by atoms with Gasteiger partial charge in [0.2, 0.25) is 0 Å². The smallest absolute Gasteiger partial charge is 0.136 e. The molecule has 0 radical (unpaired) electrons. The van der Waals surface area contributed by atoms with Gasteiger partial charge < -0.3 is 19.7 Å². The third-order valence-corrected chi connectivity index (χ3v) is 5.40. The lowest BCUT2D eigenvalue weighted by Crippen LogP contribution is -2.20. The van der Waals surface area contributed by atoms with Crippen LogP contribution < -0.4 is 9.47 Å². The summed E-state index contributed by atoms with van der Waals surface area (Å²) in [5.74, 6) is 1.61. The fourth-order valence-corrected chi connectivity index (χ4v) is 3.95. The number of aliphatic hydroxyl groups is 2. The quantitative estimate of drug-likeness (QED) is 0.541. The molecule has 0 heterocycles. The molecule has 29 heavy (non-hydrogen) atoms. The molecule has 0 atom stereocenters. The topological polar surface area (TPSA) is 58.9 Å². The van der Waals surface area contributed by atoms with E-state index < -0.39 is 0 Å². The zero-order chi connectivity index (χ0) is 22.2. The summed E-state index contributed by atoms with van der Waals surface area (Å²) in [5, 5.41) is 18.0. The van der Waals surface area contributed by atoms with Gasteiger partial charge in [-0.2, -0.15) is 0 Å². The lowest BCUT2D eigenvalue weighted by Gasteiger charge is -2.29. The number of aliphatic hydroxyl groups excluding tert-OH is 2. The second kappa shape index (κ2) is 11.6. The number of ether oxygens (including phenoxy) is 2. The van der Waals surface area contributed by atoms with Gasteiger partial charge in [0.25, 0.3) is 0 Å². The Bertz CT molecular complexity index is 688. The molecule has 162 valence electrons. The fraction of sp³-hybridized carbons (Fsp3) is 0.500. The summed E-state index contributed by atoms with van der Waals surface area (Å²) in [4.78, 5) is 0. The molecular weight excluding hydrogens is 432 g/mol. The Labute approximate surface area is 184 Å². The van der Waals surface area contributed by atoms with E-state index in [0.717, 1.165) is 32.7 Å². The first kappa shape index (κ1) is 25.5. The molecule has 5 heteroatoms. The maximum atomic E-state index is 9.02. The number of halogens is 1. The number of benzene rings is 2. The molecule has 0 saturated heterocycles. The Morgan fingerprint density at radius 3 is 1.55 bits per heavy atom. The van der Waals surface area contributed by atoms with Crippen molar-refractivity contribution in [3.63, 3.8) is 0 Å². The van der Waals surface area contributed by atoms with Crippen LogP contribution in [0, 0.1) is 20.8 Å². The van der Waals surface area contributed by atoms with Gasteiger partial charge in [-0.1, -0.05) is 45.9 Å². The molecule has 0 fully saturated rings. The first-order valence-corrected chi connectivity index (χ1v) is 10.9. The summed E-state index contributed by atoms with van der Waals surface area (Å²) >= 11 is 3.61. The fourth-order valence-electron chi connectivity index (χ4n) is 3.28. The third-order valence-electron chi connectivity index (χ3n) is 4.81. The van der Waals surface area contributed by atoms with Crippen LogP contribution in [0.1, 0.15) is 55.5 Å². The summed E-state index contributed by atoms with van der Waals surface area (Å²) in [6.45, 7) is 15.0. The van der Waals surface area contributed by atoms with E-state index >= 15 is 0 Å². The highest BCUT2D eigenvalue weighted by atomic mass is 79.9. The van der Waals surface area contributed by atoms with Gasteiger partial charge >= 0.3 is 0 Å². The number of rotatable bonds is 8. The van der Waals surface area contributed by atoms with E-state index in [-0.39, 0.29) is 25.2 Å². The Kier molecular flexibility index (Phi) is 10.2. The largest absolute Gasteiger partial charge is 0.491 e. The predicted octanol–water partition coefficient (Wildman–Crippen LogP) is 5.47. The third kappa shape index (κ3) is 6.21. The van der Waals surface area contributed by atoms with E-state index in [1.54, 1.807) is 0 Å². The second-order valence-electron chi connectivity index (χ2n) is 7.31. The maximum absolute atomic E-state index is 9.02. The van der Waals surface area contributed by atoms with Crippen LogP contribution in [0.25, 0.3) is 0 Å². The summed E-state index contributed by atoms with van der Waals surface area (Å²) < 4.78 is 12.2. The molecule has 0 aliphatic carbocycles. The first-order chi connectivity index (χ1) is 13.7. The van der Waals surface area contributed by atoms with Crippen molar-refractivity contribution in [3.05, 3.63) is 56.6 Å². The van der Waals surface area contributed by atoms with Gasteiger partial charge in [0.05, 0.1) is 17.7 Å². The van der Waals surface area contributed by atoms with Crippen molar-refractivity contribution in [2.24, 2.45) is 0 Å². The Balaban J connectivity index is 0.00000204. The molecule has 2 aromatic rings. The van der Waals surface area contributed by atoms with Crippen molar-refractivity contribution in [3.8, 4) is 11.5 Å². The Morgan fingerprint density at radius 2 is 1.14 bits per heavy atom. The highest BCUT2D eigenvalue weighted by Gasteiger charge is 2.26. The van der Waals surface area contributed by atoms with E-state index in [1.807, 2.05) is 34.6 Å². The summed E-state index contributed by atoms with van der Waals surface area (Å²) in [5.41, 5.74) is 5.30. The van der Waals surface area contributed by atoms with E-state index in [4.69, 9.17) is 19.7 Å². The van der Waals surface area contributed by atoms with Crippen molar-refractivity contribution < 1.29 is 19.7 Å². The van der Waals surface area contributed by atoms with Gasteiger partial charge in [0.15, 0.2) is 0 Å². The van der Waals surface area contributed by atoms with Crippen LogP contribution in [0.5, 0.6) is 11.5 Å². The SMILES string of the molecule is CC.Cc1cc(C(C)(C)c2cc(C)c(OCCO)c(Br)c2)cc(C)c1OCCO. The van der Waals surface area contributed by atoms with Gasteiger partial charge in [0.1, 0.15) is 24.7 Å².